The van der Waals surface area contributed by atoms with Crippen LogP contribution in [0.15, 0.2) is 0 Å². The van der Waals surface area contributed by atoms with Crippen molar-refractivity contribution in [2.75, 3.05) is 19.8 Å². The minimum absolute atomic E-state index is 0.00352. The second-order valence-corrected chi connectivity index (χ2v) is 7.84. The fraction of sp³-hybridized carbons (Fsp3) is 0.800. The van der Waals surface area contributed by atoms with Gasteiger partial charge in [0.05, 0.1) is 17.9 Å². The van der Waals surface area contributed by atoms with Crippen LogP contribution in [0.5, 0.6) is 0 Å². The summed E-state index contributed by atoms with van der Waals surface area (Å²) in [7, 11) is 0. The Kier molecular flexibility index (Phi) is 3.88. The molecule has 21 heavy (non-hydrogen) atoms. The second kappa shape index (κ2) is 5.41. The van der Waals surface area contributed by atoms with E-state index in [0.717, 1.165) is 36.4 Å². The summed E-state index contributed by atoms with van der Waals surface area (Å²) >= 11 is 1.23. The van der Waals surface area contributed by atoms with Crippen LogP contribution in [0.1, 0.15) is 55.4 Å². The van der Waals surface area contributed by atoms with Gasteiger partial charge in [-0.05, 0) is 24.4 Å². The molecule has 0 saturated carbocycles. The van der Waals surface area contributed by atoms with Crippen LogP contribution >= 0.6 is 11.5 Å². The smallest absolute Gasteiger partial charge is 0.179 e. The summed E-state index contributed by atoms with van der Waals surface area (Å²) in [5, 5.41) is 4.18. The molecule has 0 aromatic carbocycles. The summed E-state index contributed by atoms with van der Waals surface area (Å²) in [4.78, 5) is 13.6. The lowest BCUT2D eigenvalue weighted by Gasteiger charge is -2.36. The molecule has 116 valence electrons. The first-order valence-corrected chi connectivity index (χ1v) is 8.27. The number of carbonyl (C=O) groups excluding carboxylic acids is 1. The maximum atomic E-state index is 12.9. The van der Waals surface area contributed by atoms with Crippen molar-refractivity contribution in [1.29, 1.82) is 0 Å². The van der Waals surface area contributed by atoms with E-state index in [-0.39, 0.29) is 22.7 Å². The quantitative estimate of drug-likeness (QED) is 0.786. The molecule has 1 aromatic heterocycles. The van der Waals surface area contributed by atoms with Gasteiger partial charge in [0.1, 0.15) is 4.88 Å². The maximum Gasteiger partial charge on any atom is 0.179 e. The number of ether oxygens (including phenoxy) is 2. The Hall–Kier alpha value is -0.850. The van der Waals surface area contributed by atoms with Gasteiger partial charge in [0.2, 0.25) is 0 Å². The lowest BCUT2D eigenvalue weighted by atomic mass is 9.81. The van der Waals surface area contributed by atoms with E-state index in [1.54, 1.807) is 0 Å². The average Bonchev–Trinajstić information content (AvgIpc) is 3.07. The summed E-state index contributed by atoms with van der Waals surface area (Å²) in [6, 6.07) is 0. The fourth-order valence-electron chi connectivity index (χ4n) is 3.14. The van der Waals surface area contributed by atoms with Gasteiger partial charge in [-0.3, -0.25) is 4.79 Å². The number of nitrogens with zero attached hydrogens (tertiary/aromatic N) is 2. The zero-order valence-electron chi connectivity index (χ0n) is 12.8. The first-order chi connectivity index (χ1) is 9.91. The SMILES string of the molecule is CC(C)(C)c1nnsc1C(=O)C1CCOC2(CCOC2)C1. The first kappa shape index (κ1) is 15.1. The highest BCUT2D eigenvalue weighted by Gasteiger charge is 2.44. The zero-order valence-corrected chi connectivity index (χ0v) is 13.7. The molecule has 2 unspecified atom stereocenters. The molecule has 5 nitrogen and oxygen atoms in total. The van der Waals surface area contributed by atoms with Crippen LogP contribution < -0.4 is 0 Å². The van der Waals surface area contributed by atoms with Crippen LogP contribution in [-0.2, 0) is 14.9 Å². The van der Waals surface area contributed by atoms with Gasteiger partial charge >= 0.3 is 0 Å². The summed E-state index contributed by atoms with van der Waals surface area (Å²) in [5.74, 6) is 0.188. The van der Waals surface area contributed by atoms with Crippen LogP contribution in [0, 0.1) is 5.92 Å². The predicted octanol–water partition coefficient (Wildman–Crippen LogP) is 2.60. The van der Waals surface area contributed by atoms with Crippen molar-refractivity contribution in [2.24, 2.45) is 5.92 Å². The van der Waals surface area contributed by atoms with E-state index >= 15 is 0 Å². The summed E-state index contributed by atoms with van der Waals surface area (Å²) in [6.07, 6.45) is 2.43. The highest BCUT2D eigenvalue weighted by Crippen LogP contribution is 2.38. The van der Waals surface area contributed by atoms with Gasteiger partial charge in [0.25, 0.3) is 0 Å². The normalized spacial score (nSPS) is 30.0. The molecular formula is C15H22N2O3S. The van der Waals surface area contributed by atoms with Gasteiger partial charge in [-0.15, -0.1) is 5.10 Å². The molecular weight excluding hydrogens is 288 g/mol. The van der Waals surface area contributed by atoms with Crippen molar-refractivity contribution in [3.8, 4) is 0 Å². The average molecular weight is 310 g/mol. The van der Waals surface area contributed by atoms with Gasteiger partial charge in [0.15, 0.2) is 5.78 Å². The number of ketones is 1. The third kappa shape index (κ3) is 2.89. The highest BCUT2D eigenvalue weighted by atomic mass is 32.1. The minimum atomic E-state index is -0.238. The Morgan fingerprint density at radius 2 is 2.19 bits per heavy atom. The number of rotatable bonds is 2. The molecule has 3 heterocycles. The second-order valence-electron chi connectivity index (χ2n) is 7.09. The van der Waals surface area contributed by atoms with Crippen LogP contribution in [0.3, 0.4) is 0 Å². The van der Waals surface area contributed by atoms with E-state index in [4.69, 9.17) is 9.47 Å². The Labute approximate surface area is 129 Å². The Bertz CT molecular complexity index is 529. The minimum Gasteiger partial charge on any atom is -0.378 e. The monoisotopic (exact) mass is 310 g/mol. The highest BCUT2D eigenvalue weighted by molar-refractivity contribution is 7.08. The van der Waals surface area contributed by atoms with Gasteiger partial charge in [0, 0.05) is 31.0 Å². The fourth-order valence-corrected chi connectivity index (χ4v) is 4.04. The van der Waals surface area contributed by atoms with E-state index in [1.165, 1.54) is 11.5 Å². The van der Waals surface area contributed by atoms with Crippen LogP contribution in [0.2, 0.25) is 0 Å². The summed E-state index contributed by atoms with van der Waals surface area (Å²) < 4.78 is 15.4. The standard InChI is InChI=1S/C15H22N2O3S/c1-14(2,3)13-12(21-17-16-13)11(18)10-4-6-20-15(8-10)5-7-19-9-15/h10H,4-9H2,1-3H3. The number of hydrogen-bond donors (Lipinski definition) is 0. The molecule has 2 aliphatic rings. The molecule has 6 heteroatoms. The van der Waals surface area contributed by atoms with E-state index in [9.17, 15) is 4.79 Å². The Morgan fingerprint density at radius 3 is 2.86 bits per heavy atom. The lowest BCUT2D eigenvalue weighted by Crippen LogP contribution is -2.42. The first-order valence-electron chi connectivity index (χ1n) is 7.50. The van der Waals surface area contributed by atoms with Gasteiger partial charge in [-0.2, -0.15) is 0 Å². The Balaban J connectivity index is 1.81. The number of Topliss-reactive ketones (excluding diaryl/α,β-unsaturated/α-hetero) is 1. The van der Waals surface area contributed by atoms with Crippen molar-refractivity contribution in [3.63, 3.8) is 0 Å². The van der Waals surface area contributed by atoms with Crippen molar-refractivity contribution < 1.29 is 14.3 Å². The molecule has 2 saturated heterocycles. The molecule has 2 fully saturated rings. The van der Waals surface area contributed by atoms with Crippen LogP contribution in [0.25, 0.3) is 0 Å². The van der Waals surface area contributed by atoms with Crippen molar-refractivity contribution in [3.05, 3.63) is 10.6 Å². The zero-order chi connectivity index (χ0) is 15.1. The number of aromatic nitrogens is 2. The lowest BCUT2D eigenvalue weighted by molar-refractivity contribution is -0.0920. The predicted molar refractivity (Wildman–Crippen MR) is 79.8 cm³/mol. The largest absolute Gasteiger partial charge is 0.378 e. The molecule has 1 aromatic rings. The summed E-state index contributed by atoms with van der Waals surface area (Å²) in [5.41, 5.74) is 0.427. The molecule has 0 radical (unpaired) electrons. The topological polar surface area (TPSA) is 61.3 Å². The van der Waals surface area contributed by atoms with Gasteiger partial charge < -0.3 is 9.47 Å². The third-order valence-electron chi connectivity index (χ3n) is 4.35. The molecule has 1 spiro atoms. The van der Waals surface area contributed by atoms with Crippen molar-refractivity contribution in [2.45, 2.75) is 51.0 Å². The summed E-state index contributed by atoms with van der Waals surface area (Å²) in [6.45, 7) is 8.18. The van der Waals surface area contributed by atoms with Crippen LogP contribution in [0.4, 0.5) is 0 Å². The molecule has 0 bridgehead atoms. The number of hydrogen-bond acceptors (Lipinski definition) is 6. The molecule has 2 atom stereocenters. The van der Waals surface area contributed by atoms with E-state index in [2.05, 4.69) is 30.4 Å². The van der Waals surface area contributed by atoms with Gasteiger partial charge in [-0.1, -0.05) is 25.3 Å². The van der Waals surface area contributed by atoms with E-state index in [1.807, 2.05) is 0 Å². The Morgan fingerprint density at radius 1 is 1.38 bits per heavy atom. The molecule has 2 aliphatic heterocycles. The number of carbonyl (C=O) groups is 1. The van der Waals surface area contributed by atoms with E-state index in [0.29, 0.717) is 13.2 Å². The molecule has 0 N–H and O–H groups in total. The molecule has 3 rings (SSSR count). The van der Waals surface area contributed by atoms with Crippen molar-refractivity contribution in [1.82, 2.24) is 9.59 Å². The molecule has 0 aliphatic carbocycles. The van der Waals surface area contributed by atoms with Crippen LogP contribution in [-0.4, -0.2) is 40.8 Å². The van der Waals surface area contributed by atoms with E-state index < -0.39 is 0 Å². The van der Waals surface area contributed by atoms with Crippen molar-refractivity contribution >= 4 is 17.3 Å². The molecule has 0 amide bonds. The maximum absolute atomic E-state index is 12.9. The van der Waals surface area contributed by atoms with Gasteiger partial charge in [-0.25, -0.2) is 0 Å². The third-order valence-corrected chi connectivity index (χ3v) is 5.09.